The van der Waals surface area contributed by atoms with E-state index in [1.165, 1.54) is 5.56 Å². The van der Waals surface area contributed by atoms with Crippen molar-refractivity contribution in [1.29, 1.82) is 0 Å². The van der Waals surface area contributed by atoms with Crippen LogP contribution in [0.1, 0.15) is 31.3 Å². The summed E-state index contributed by atoms with van der Waals surface area (Å²) >= 11 is 9.54. The van der Waals surface area contributed by atoms with E-state index in [2.05, 4.69) is 51.2 Å². The number of hydrogen-bond donors (Lipinski definition) is 1. The molecular weight excluding hydrogens is 340 g/mol. The fraction of sp³-hybridized carbons (Fsp3) is 0.429. The van der Waals surface area contributed by atoms with Gasteiger partial charge in [-0.25, -0.2) is 4.98 Å². The highest BCUT2D eigenvalue weighted by Crippen LogP contribution is 2.27. The second kappa shape index (κ2) is 7.20. The molecule has 0 bridgehead atoms. The van der Waals surface area contributed by atoms with Gasteiger partial charge in [0.05, 0.1) is 5.02 Å². The van der Waals surface area contributed by atoms with Crippen LogP contribution in [0.15, 0.2) is 29.0 Å². The Morgan fingerprint density at radius 3 is 2.85 bits per heavy atom. The molecule has 1 aromatic carbocycles. The Kier molecular flexibility index (Phi) is 5.57. The van der Waals surface area contributed by atoms with Crippen molar-refractivity contribution in [2.45, 2.75) is 32.9 Å². The zero-order valence-electron chi connectivity index (χ0n) is 11.6. The maximum Gasteiger partial charge on any atom is 0.138 e. The van der Waals surface area contributed by atoms with Crippen LogP contribution in [0.5, 0.6) is 0 Å². The lowest BCUT2D eigenvalue weighted by molar-refractivity contribution is 0.509. The molecule has 0 fully saturated rings. The van der Waals surface area contributed by atoms with E-state index in [0.29, 0.717) is 0 Å². The molecule has 1 atom stereocenters. The number of nitrogens with zero attached hydrogens (tertiary/aromatic N) is 3. The Labute approximate surface area is 132 Å². The summed E-state index contributed by atoms with van der Waals surface area (Å²) in [5.74, 6) is 0.990. The average Bonchev–Trinajstić information content (AvgIpc) is 2.88. The number of hydrogen-bond acceptors (Lipinski definition) is 3. The predicted octanol–water partition coefficient (Wildman–Crippen LogP) is 3.61. The van der Waals surface area contributed by atoms with E-state index < -0.39 is 0 Å². The van der Waals surface area contributed by atoms with Crippen molar-refractivity contribution in [2.75, 3.05) is 6.54 Å². The second-order valence-electron chi connectivity index (χ2n) is 4.48. The molecule has 0 aliphatic heterocycles. The Bertz CT molecular complexity index is 570. The number of likely N-dealkylation sites (N-methyl/N-ethyl adjacent to an activating group) is 1. The Balaban J connectivity index is 2.24. The smallest absolute Gasteiger partial charge is 0.138 e. The van der Waals surface area contributed by atoms with Gasteiger partial charge in [0, 0.05) is 23.5 Å². The molecule has 2 rings (SSSR count). The zero-order chi connectivity index (χ0) is 14.5. The maximum atomic E-state index is 6.06. The third kappa shape index (κ3) is 3.59. The van der Waals surface area contributed by atoms with Crippen LogP contribution in [0.3, 0.4) is 0 Å². The molecule has 0 saturated heterocycles. The molecule has 0 saturated carbocycles. The molecule has 1 heterocycles. The van der Waals surface area contributed by atoms with Crippen LogP contribution >= 0.6 is 27.5 Å². The SMILES string of the molecule is CCNC(Cc1ncnn1CC)c1ccc(Cl)c(Br)c1. The molecule has 1 N–H and O–H groups in total. The van der Waals surface area contributed by atoms with E-state index in [9.17, 15) is 0 Å². The molecule has 4 nitrogen and oxygen atoms in total. The lowest BCUT2D eigenvalue weighted by Gasteiger charge is -2.18. The number of aryl methyl sites for hydroxylation is 1. The van der Waals surface area contributed by atoms with Gasteiger partial charge in [-0.1, -0.05) is 24.6 Å². The van der Waals surface area contributed by atoms with E-state index in [-0.39, 0.29) is 6.04 Å². The van der Waals surface area contributed by atoms with Gasteiger partial charge in [0.25, 0.3) is 0 Å². The van der Waals surface area contributed by atoms with E-state index in [1.54, 1.807) is 6.33 Å². The first-order valence-electron chi connectivity index (χ1n) is 6.70. The molecule has 6 heteroatoms. The molecule has 0 aliphatic rings. The standard InChI is InChI=1S/C14H18BrClN4/c1-3-17-13(8-14-18-9-19-20(14)4-2)10-5-6-12(16)11(15)7-10/h5-7,9,13,17H,3-4,8H2,1-2H3. The lowest BCUT2D eigenvalue weighted by Crippen LogP contribution is -2.24. The van der Waals surface area contributed by atoms with Crippen molar-refractivity contribution in [3.63, 3.8) is 0 Å². The van der Waals surface area contributed by atoms with Gasteiger partial charge >= 0.3 is 0 Å². The van der Waals surface area contributed by atoms with Gasteiger partial charge in [-0.3, -0.25) is 4.68 Å². The van der Waals surface area contributed by atoms with Crippen LogP contribution in [-0.2, 0) is 13.0 Å². The van der Waals surface area contributed by atoms with Gasteiger partial charge in [-0.2, -0.15) is 5.10 Å². The number of aromatic nitrogens is 3. The van der Waals surface area contributed by atoms with E-state index in [1.807, 2.05) is 16.8 Å². The normalized spacial score (nSPS) is 12.6. The summed E-state index contributed by atoms with van der Waals surface area (Å²) in [4.78, 5) is 4.35. The molecule has 0 spiro atoms. The molecule has 2 aromatic rings. The van der Waals surface area contributed by atoms with Crippen LogP contribution in [-0.4, -0.2) is 21.3 Å². The number of rotatable bonds is 6. The monoisotopic (exact) mass is 356 g/mol. The first kappa shape index (κ1) is 15.5. The maximum absolute atomic E-state index is 6.06. The van der Waals surface area contributed by atoms with Crippen molar-refractivity contribution in [3.8, 4) is 0 Å². The topological polar surface area (TPSA) is 42.7 Å². The first-order valence-corrected chi connectivity index (χ1v) is 7.87. The van der Waals surface area contributed by atoms with Gasteiger partial charge in [-0.15, -0.1) is 0 Å². The minimum Gasteiger partial charge on any atom is -0.310 e. The molecule has 0 radical (unpaired) electrons. The third-order valence-corrected chi connectivity index (χ3v) is 4.39. The molecule has 108 valence electrons. The summed E-state index contributed by atoms with van der Waals surface area (Å²) in [6.45, 7) is 5.89. The van der Waals surface area contributed by atoms with Crippen LogP contribution < -0.4 is 5.32 Å². The van der Waals surface area contributed by atoms with E-state index in [4.69, 9.17) is 11.6 Å². The van der Waals surface area contributed by atoms with Crippen molar-refractivity contribution < 1.29 is 0 Å². The predicted molar refractivity (Wildman–Crippen MR) is 85.0 cm³/mol. The van der Waals surface area contributed by atoms with Gasteiger partial charge in [0.1, 0.15) is 12.2 Å². The van der Waals surface area contributed by atoms with Crippen molar-refractivity contribution in [2.24, 2.45) is 0 Å². The lowest BCUT2D eigenvalue weighted by atomic mass is 10.0. The Hall–Kier alpha value is -0.910. The van der Waals surface area contributed by atoms with E-state index in [0.717, 1.165) is 34.8 Å². The van der Waals surface area contributed by atoms with E-state index >= 15 is 0 Å². The molecule has 0 amide bonds. The van der Waals surface area contributed by atoms with Crippen molar-refractivity contribution >= 4 is 27.5 Å². The van der Waals surface area contributed by atoms with Crippen molar-refractivity contribution in [1.82, 2.24) is 20.1 Å². The summed E-state index contributed by atoms with van der Waals surface area (Å²) < 4.78 is 2.84. The second-order valence-corrected chi connectivity index (χ2v) is 5.74. The fourth-order valence-electron chi connectivity index (χ4n) is 2.18. The molecule has 1 unspecified atom stereocenters. The fourth-order valence-corrected chi connectivity index (χ4v) is 2.69. The third-order valence-electron chi connectivity index (χ3n) is 3.18. The Morgan fingerprint density at radius 2 is 2.20 bits per heavy atom. The zero-order valence-corrected chi connectivity index (χ0v) is 13.9. The molecule has 20 heavy (non-hydrogen) atoms. The largest absolute Gasteiger partial charge is 0.310 e. The summed E-state index contributed by atoms with van der Waals surface area (Å²) in [5, 5.41) is 8.43. The van der Waals surface area contributed by atoms with Gasteiger partial charge < -0.3 is 5.32 Å². The highest BCUT2D eigenvalue weighted by molar-refractivity contribution is 9.10. The highest BCUT2D eigenvalue weighted by atomic mass is 79.9. The molecule has 0 aliphatic carbocycles. The number of halogens is 2. The first-order chi connectivity index (χ1) is 9.65. The van der Waals surface area contributed by atoms with Gasteiger partial charge in [-0.05, 0) is 47.1 Å². The van der Waals surface area contributed by atoms with Gasteiger partial charge in [0.15, 0.2) is 0 Å². The minimum atomic E-state index is 0.197. The van der Waals surface area contributed by atoms with Crippen LogP contribution in [0.2, 0.25) is 5.02 Å². The van der Waals surface area contributed by atoms with Crippen LogP contribution in [0, 0.1) is 0 Å². The van der Waals surface area contributed by atoms with Crippen molar-refractivity contribution in [3.05, 3.63) is 45.4 Å². The molecular formula is C14H18BrClN4. The van der Waals surface area contributed by atoms with Crippen LogP contribution in [0.4, 0.5) is 0 Å². The Morgan fingerprint density at radius 1 is 1.40 bits per heavy atom. The highest BCUT2D eigenvalue weighted by Gasteiger charge is 2.15. The summed E-state index contributed by atoms with van der Waals surface area (Å²) in [6, 6.07) is 6.22. The summed E-state index contributed by atoms with van der Waals surface area (Å²) in [5.41, 5.74) is 1.19. The molecule has 1 aromatic heterocycles. The number of nitrogens with one attached hydrogen (secondary N) is 1. The minimum absolute atomic E-state index is 0.197. The quantitative estimate of drug-likeness (QED) is 0.859. The number of benzene rings is 1. The summed E-state index contributed by atoms with van der Waals surface area (Å²) in [6.07, 6.45) is 2.41. The summed E-state index contributed by atoms with van der Waals surface area (Å²) in [7, 11) is 0. The van der Waals surface area contributed by atoms with Gasteiger partial charge in [0.2, 0.25) is 0 Å². The average molecular weight is 358 g/mol. The van der Waals surface area contributed by atoms with Crippen LogP contribution in [0.25, 0.3) is 0 Å².